The molecule has 0 N–H and O–H groups in total. The van der Waals surface area contributed by atoms with Crippen LogP contribution in [-0.2, 0) is 26.1 Å². The Morgan fingerprint density at radius 2 is 2.16 bits per heavy atom. The largest absolute Gasteiger partial charge is 0.375 e. The minimum absolute atomic E-state index is 0.299. The molecule has 0 unspecified atom stereocenters. The van der Waals surface area contributed by atoms with Crippen molar-refractivity contribution in [1.82, 2.24) is 9.29 Å². The van der Waals surface area contributed by atoms with Crippen molar-refractivity contribution >= 4 is 10.0 Å². The molecule has 25 heavy (non-hydrogen) atoms. The van der Waals surface area contributed by atoms with Gasteiger partial charge < -0.3 is 9.47 Å². The molecule has 0 radical (unpaired) electrons. The molecule has 0 aromatic carbocycles. The van der Waals surface area contributed by atoms with Crippen LogP contribution in [-0.4, -0.2) is 54.9 Å². The summed E-state index contributed by atoms with van der Waals surface area (Å²) in [5, 5.41) is -0.380. The molecular weight excluding hydrogens is 340 g/mol. The number of ether oxygens (including phenoxy) is 2. The summed E-state index contributed by atoms with van der Waals surface area (Å²) in [5.41, 5.74) is 1.63. The molecule has 1 aromatic heterocycles. The summed E-state index contributed by atoms with van der Waals surface area (Å²) in [6.45, 7) is 8.24. The molecule has 1 atom stereocenters. The molecule has 3 heterocycles. The van der Waals surface area contributed by atoms with Crippen molar-refractivity contribution in [1.29, 1.82) is 0 Å². The van der Waals surface area contributed by atoms with Crippen LogP contribution in [0.1, 0.15) is 38.1 Å². The number of hydrogen-bond acceptors (Lipinski definition) is 5. The molecule has 3 rings (SSSR count). The van der Waals surface area contributed by atoms with Gasteiger partial charge in [-0.2, -0.15) is 4.31 Å². The van der Waals surface area contributed by atoms with Crippen LogP contribution in [0.25, 0.3) is 0 Å². The number of hydrogen-bond donors (Lipinski definition) is 0. The Bertz CT molecular complexity index is 699. The minimum atomic E-state index is -3.18. The Hall–Kier alpha value is -1.02. The zero-order valence-corrected chi connectivity index (χ0v) is 16.1. The topological polar surface area (TPSA) is 68.7 Å². The van der Waals surface area contributed by atoms with Crippen molar-refractivity contribution < 1.29 is 17.9 Å². The average molecular weight is 368 g/mol. The Labute approximate surface area is 150 Å². The van der Waals surface area contributed by atoms with E-state index in [0.29, 0.717) is 38.8 Å². The van der Waals surface area contributed by atoms with E-state index in [4.69, 9.17) is 9.47 Å². The fraction of sp³-hybridized carbons (Fsp3) is 0.722. The molecule has 6 nitrogen and oxygen atoms in total. The molecular formula is C18H28N2O4S. The van der Waals surface area contributed by atoms with E-state index in [9.17, 15) is 8.42 Å². The van der Waals surface area contributed by atoms with Gasteiger partial charge in [-0.25, -0.2) is 8.42 Å². The molecule has 1 spiro atoms. The number of nitrogens with zero attached hydrogens (tertiary/aromatic N) is 2. The fourth-order valence-electron chi connectivity index (χ4n) is 3.65. The molecule has 2 aliphatic heterocycles. The van der Waals surface area contributed by atoms with E-state index in [1.807, 2.05) is 25.1 Å². The van der Waals surface area contributed by atoms with Gasteiger partial charge in [0.1, 0.15) is 0 Å². The lowest BCUT2D eigenvalue weighted by Crippen LogP contribution is -2.66. The molecule has 0 amide bonds. The van der Waals surface area contributed by atoms with Gasteiger partial charge in [0.15, 0.2) is 0 Å². The molecule has 0 bridgehead atoms. The lowest BCUT2D eigenvalue weighted by Gasteiger charge is -2.49. The summed E-state index contributed by atoms with van der Waals surface area (Å²) in [6, 6.07) is 5.92. The van der Waals surface area contributed by atoms with Gasteiger partial charge in [0.2, 0.25) is 10.0 Å². The molecule has 7 heteroatoms. The van der Waals surface area contributed by atoms with Crippen molar-refractivity contribution in [2.45, 2.75) is 51.1 Å². The second-order valence-corrected chi connectivity index (χ2v) is 9.86. The Kier molecular flexibility index (Phi) is 5.48. The van der Waals surface area contributed by atoms with E-state index < -0.39 is 10.0 Å². The highest BCUT2D eigenvalue weighted by Gasteiger charge is 2.56. The predicted octanol–water partition coefficient (Wildman–Crippen LogP) is 2.13. The number of pyridine rings is 1. The average Bonchev–Trinajstić information content (AvgIpc) is 2.94. The molecule has 0 saturated carbocycles. The van der Waals surface area contributed by atoms with Gasteiger partial charge in [-0.1, -0.05) is 6.07 Å². The molecule has 140 valence electrons. The molecule has 2 fully saturated rings. The summed E-state index contributed by atoms with van der Waals surface area (Å²) < 4.78 is 37.8. The van der Waals surface area contributed by atoms with E-state index in [-0.39, 0.29) is 10.9 Å². The maximum Gasteiger partial charge on any atom is 0.216 e. The van der Waals surface area contributed by atoms with Crippen molar-refractivity contribution in [2.75, 3.05) is 26.3 Å². The van der Waals surface area contributed by atoms with Crippen molar-refractivity contribution in [2.24, 2.45) is 5.92 Å². The summed E-state index contributed by atoms with van der Waals surface area (Å²) >= 11 is 0. The zero-order chi connectivity index (χ0) is 18.1. The third-order valence-corrected chi connectivity index (χ3v) is 7.42. The van der Waals surface area contributed by atoms with E-state index in [0.717, 1.165) is 24.2 Å². The maximum absolute atomic E-state index is 12.2. The van der Waals surface area contributed by atoms with E-state index >= 15 is 0 Å². The van der Waals surface area contributed by atoms with Crippen LogP contribution >= 0.6 is 0 Å². The monoisotopic (exact) mass is 368 g/mol. The van der Waals surface area contributed by atoms with Crippen LogP contribution in [0.5, 0.6) is 0 Å². The summed E-state index contributed by atoms with van der Waals surface area (Å²) in [7, 11) is -3.18. The van der Waals surface area contributed by atoms with E-state index in [1.165, 1.54) is 0 Å². The van der Waals surface area contributed by atoms with Gasteiger partial charge in [0.05, 0.1) is 23.2 Å². The highest BCUT2D eigenvalue weighted by Crippen LogP contribution is 2.43. The lowest BCUT2D eigenvalue weighted by molar-refractivity contribution is -0.106. The van der Waals surface area contributed by atoms with Crippen LogP contribution in [0.4, 0.5) is 0 Å². The number of rotatable bonds is 7. The van der Waals surface area contributed by atoms with Crippen LogP contribution in [0.15, 0.2) is 18.2 Å². The van der Waals surface area contributed by atoms with Crippen molar-refractivity contribution in [3.63, 3.8) is 0 Å². The van der Waals surface area contributed by atoms with Gasteiger partial charge >= 0.3 is 0 Å². The second kappa shape index (κ2) is 7.31. The van der Waals surface area contributed by atoms with Gasteiger partial charge in [0.25, 0.3) is 0 Å². The van der Waals surface area contributed by atoms with Crippen LogP contribution < -0.4 is 0 Å². The van der Waals surface area contributed by atoms with Crippen LogP contribution in [0, 0.1) is 12.8 Å². The minimum Gasteiger partial charge on any atom is -0.375 e. The first-order valence-corrected chi connectivity index (χ1v) is 10.5. The molecule has 1 aromatic rings. The van der Waals surface area contributed by atoms with Crippen molar-refractivity contribution in [3.8, 4) is 0 Å². The number of aromatic nitrogens is 1. The standard InChI is InChI=1S/C18H28N2O4S/c1-14(2)25(21,22)20-12-18(13-20)16(8-10-24-18)7-9-23-11-17-6-4-5-15(3)19-17/h4-6,14,16H,7-13H2,1-3H3/t16-/m1/s1. The first-order chi connectivity index (χ1) is 11.8. The Balaban J connectivity index is 1.47. The van der Waals surface area contributed by atoms with Gasteiger partial charge in [-0.3, -0.25) is 4.98 Å². The lowest BCUT2D eigenvalue weighted by atomic mass is 9.80. The zero-order valence-electron chi connectivity index (χ0n) is 15.3. The van der Waals surface area contributed by atoms with E-state index in [1.54, 1.807) is 18.2 Å². The van der Waals surface area contributed by atoms with Gasteiger partial charge in [0, 0.05) is 32.0 Å². The van der Waals surface area contributed by atoms with Gasteiger partial charge in [-0.05, 0) is 51.7 Å². The Morgan fingerprint density at radius 1 is 1.40 bits per heavy atom. The predicted molar refractivity (Wildman–Crippen MR) is 95.7 cm³/mol. The maximum atomic E-state index is 12.2. The normalized spacial score (nSPS) is 23.3. The molecule has 2 saturated heterocycles. The fourth-order valence-corrected chi connectivity index (χ4v) is 5.05. The highest BCUT2D eigenvalue weighted by molar-refractivity contribution is 7.89. The molecule has 0 aliphatic carbocycles. The third kappa shape index (κ3) is 3.89. The van der Waals surface area contributed by atoms with Crippen LogP contribution in [0.3, 0.4) is 0 Å². The van der Waals surface area contributed by atoms with Crippen molar-refractivity contribution in [3.05, 3.63) is 29.6 Å². The third-order valence-electron chi connectivity index (χ3n) is 5.25. The molecule has 2 aliphatic rings. The first-order valence-electron chi connectivity index (χ1n) is 8.97. The SMILES string of the molecule is Cc1cccc(COCC[C@@H]2CCOC23CN(S(=O)(=O)C(C)C)C3)n1. The van der Waals surface area contributed by atoms with Gasteiger partial charge in [-0.15, -0.1) is 0 Å². The number of aryl methyl sites for hydroxylation is 1. The second-order valence-electron chi connectivity index (χ2n) is 7.37. The summed E-state index contributed by atoms with van der Waals surface area (Å²) in [6.07, 6.45) is 1.86. The first kappa shape index (κ1) is 18.8. The van der Waals surface area contributed by atoms with E-state index in [2.05, 4.69) is 4.98 Å². The number of sulfonamides is 1. The van der Waals surface area contributed by atoms with Crippen LogP contribution in [0.2, 0.25) is 0 Å². The smallest absolute Gasteiger partial charge is 0.216 e. The highest BCUT2D eigenvalue weighted by atomic mass is 32.2. The summed E-state index contributed by atoms with van der Waals surface area (Å²) in [4.78, 5) is 4.43. The Morgan fingerprint density at radius 3 is 2.84 bits per heavy atom. The summed E-state index contributed by atoms with van der Waals surface area (Å²) in [5.74, 6) is 0.358. The quantitative estimate of drug-likeness (QED) is 0.690.